The number of halogens is 2. The van der Waals surface area contributed by atoms with Gasteiger partial charge in [-0.3, -0.25) is 0 Å². The van der Waals surface area contributed by atoms with Crippen LogP contribution >= 0.6 is 11.8 Å². The zero-order valence-electron chi connectivity index (χ0n) is 21.9. The third-order valence-corrected chi connectivity index (χ3v) is 8.22. The van der Waals surface area contributed by atoms with E-state index in [0.717, 1.165) is 49.5 Å². The van der Waals surface area contributed by atoms with E-state index in [2.05, 4.69) is 10.8 Å². The molecule has 0 aliphatic carbocycles. The molecule has 0 radical (unpaired) electrons. The largest absolute Gasteiger partial charge is 0.468 e. The summed E-state index contributed by atoms with van der Waals surface area (Å²) in [6.07, 6.45) is 10.6. The van der Waals surface area contributed by atoms with Crippen molar-refractivity contribution >= 4 is 39.3 Å². The number of aryl methyl sites for hydroxylation is 1. The number of piperidine rings is 1. The van der Waals surface area contributed by atoms with Crippen molar-refractivity contribution in [3.8, 4) is 29.4 Å². The van der Waals surface area contributed by atoms with E-state index in [-0.39, 0.29) is 23.6 Å². The number of anilines is 1. The number of methoxy groups -OCH3 is 1. The molecule has 1 fully saturated rings. The van der Waals surface area contributed by atoms with E-state index in [9.17, 15) is 4.39 Å². The maximum atomic E-state index is 16.7. The molecule has 2 aromatic heterocycles. The number of fused-ring (bicyclic) bond motifs is 3. The molecule has 6 rings (SSSR count). The van der Waals surface area contributed by atoms with Crippen LogP contribution in [0.15, 0.2) is 29.4 Å². The Morgan fingerprint density at radius 1 is 1.13 bits per heavy atom. The molecule has 6 nitrogen and oxygen atoms in total. The minimum Gasteiger partial charge on any atom is -0.468 e. The molecule has 39 heavy (non-hydrogen) atoms. The average Bonchev–Trinajstić information content (AvgIpc) is 3.11. The van der Waals surface area contributed by atoms with Crippen LogP contribution in [0.4, 0.5) is 14.6 Å². The number of hydrogen-bond donors (Lipinski definition) is 0. The molecule has 0 unspecified atom stereocenters. The highest BCUT2D eigenvalue weighted by Gasteiger charge is 2.32. The molecule has 0 bridgehead atoms. The van der Waals surface area contributed by atoms with Gasteiger partial charge in [-0.2, -0.15) is 0 Å². The highest BCUT2D eigenvalue weighted by atomic mass is 32.2. The maximum Gasteiger partial charge on any atom is 0.190 e. The van der Waals surface area contributed by atoms with Crippen molar-refractivity contribution in [3.63, 3.8) is 0 Å². The Kier molecular flexibility index (Phi) is 7.00. The van der Waals surface area contributed by atoms with Crippen molar-refractivity contribution in [2.75, 3.05) is 31.1 Å². The molecule has 1 atom stereocenters. The van der Waals surface area contributed by atoms with Gasteiger partial charge in [-0.05, 0) is 61.4 Å². The summed E-state index contributed by atoms with van der Waals surface area (Å²) < 4.78 is 42.4. The van der Waals surface area contributed by atoms with E-state index in [1.807, 2.05) is 6.92 Å². The van der Waals surface area contributed by atoms with Gasteiger partial charge in [0.15, 0.2) is 17.8 Å². The second kappa shape index (κ2) is 10.6. The van der Waals surface area contributed by atoms with Gasteiger partial charge < -0.3 is 14.4 Å². The predicted octanol–water partition coefficient (Wildman–Crippen LogP) is 6.50. The Bertz CT molecular complexity index is 1640. The van der Waals surface area contributed by atoms with E-state index in [1.54, 1.807) is 18.2 Å². The molecular weight excluding hydrogens is 518 g/mol. The number of hydrogen-bond acceptors (Lipinski definition) is 7. The summed E-state index contributed by atoms with van der Waals surface area (Å²) in [6.45, 7) is 2.90. The summed E-state index contributed by atoms with van der Waals surface area (Å²) in [5.74, 6) is 3.28. The molecule has 1 saturated heterocycles. The lowest BCUT2D eigenvalue weighted by atomic mass is 9.95. The summed E-state index contributed by atoms with van der Waals surface area (Å²) >= 11 is 1.48. The molecule has 2 aliphatic heterocycles. The Labute approximate surface area is 230 Å². The van der Waals surface area contributed by atoms with Crippen LogP contribution in [0.1, 0.15) is 43.9 Å². The minimum absolute atomic E-state index is 0.00156. The Morgan fingerprint density at radius 2 is 2.00 bits per heavy atom. The number of ether oxygens (including phenoxy) is 2. The summed E-state index contributed by atoms with van der Waals surface area (Å²) in [5.41, 5.74) is 1.46. The number of rotatable bonds is 6. The Balaban J connectivity index is 1.68. The summed E-state index contributed by atoms with van der Waals surface area (Å²) in [6, 6.07) is 6.63. The first-order chi connectivity index (χ1) is 19.0. The van der Waals surface area contributed by atoms with E-state index in [1.165, 1.54) is 24.9 Å². The van der Waals surface area contributed by atoms with Crippen molar-refractivity contribution in [3.05, 3.63) is 47.2 Å². The number of aromatic nitrogens is 3. The Hall–Kier alpha value is -3.48. The van der Waals surface area contributed by atoms with Gasteiger partial charge in [0, 0.05) is 30.6 Å². The number of nitrogens with zero attached hydrogens (tertiary/aromatic N) is 4. The molecule has 2 aliphatic rings. The first kappa shape index (κ1) is 25.8. The van der Waals surface area contributed by atoms with Crippen LogP contribution < -0.4 is 9.64 Å². The predicted molar refractivity (Wildman–Crippen MR) is 150 cm³/mol. The van der Waals surface area contributed by atoms with Crippen LogP contribution in [0, 0.1) is 24.0 Å². The van der Waals surface area contributed by atoms with Gasteiger partial charge in [0.1, 0.15) is 28.6 Å². The van der Waals surface area contributed by atoms with Crippen LogP contribution in [-0.4, -0.2) is 47.2 Å². The average molecular weight is 547 g/mol. The lowest BCUT2D eigenvalue weighted by Gasteiger charge is -2.36. The molecular formula is C30H28F2N4O2S. The van der Waals surface area contributed by atoms with Crippen LogP contribution in [0.25, 0.3) is 32.9 Å². The van der Waals surface area contributed by atoms with Crippen molar-refractivity contribution in [2.45, 2.75) is 50.2 Å². The smallest absolute Gasteiger partial charge is 0.190 e. The third kappa shape index (κ3) is 4.46. The monoisotopic (exact) mass is 546 g/mol. The molecule has 2 aromatic carbocycles. The fraction of sp³-hybridized carbons (Fsp3) is 0.367. The molecule has 0 saturated carbocycles. The minimum atomic E-state index is -0.580. The van der Waals surface area contributed by atoms with Crippen molar-refractivity contribution < 1.29 is 18.3 Å². The quantitative estimate of drug-likeness (QED) is 0.118. The lowest BCUT2D eigenvalue weighted by molar-refractivity contribution is 0.0512. The lowest BCUT2D eigenvalue weighted by Crippen LogP contribution is -2.39. The summed E-state index contributed by atoms with van der Waals surface area (Å²) in [4.78, 5) is 16.8. The van der Waals surface area contributed by atoms with Crippen LogP contribution in [0.3, 0.4) is 0 Å². The van der Waals surface area contributed by atoms with Crippen LogP contribution in [-0.2, 0) is 11.2 Å². The third-order valence-electron chi connectivity index (χ3n) is 7.49. The van der Waals surface area contributed by atoms with Gasteiger partial charge in [0.05, 0.1) is 16.6 Å². The van der Waals surface area contributed by atoms with Gasteiger partial charge in [0.2, 0.25) is 0 Å². The van der Waals surface area contributed by atoms with Gasteiger partial charge in [-0.1, -0.05) is 30.7 Å². The molecule has 4 aromatic rings. The van der Waals surface area contributed by atoms with E-state index in [4.69, 9.17) is 30.8 Å². The van der Waals surface area contributed by atoms with Crippen molar-refractivity contribution in [2.24, 2.45) is 0 Å². The number of benzene rings is 2. The number of pyridine rings is 1. The van der Waals surface area contributed by atoms with Gasteiger partial charge in [-0.25, -0.2) is 23.7 Å². The first-order valence-corrected chi connectivity index (χ1v) is 14.2. The standard InChI is InChI=1S/C30H28F2N4O2S/c1-4-20-22(31)11-9-17-14-19(38-16-37-3)15-21(24(17)20)27-26(32)28-25-23(33-27)12-10-18-8-6-7-13-36(18)29(25)35-30(34-28)39-5-2/h1,9,11,14-15,18H,5-8,10,12-13,16H2,2-3H3/t18-/m0/s1. The van der Waals surface area contributed by atoms with Crippen LogP contribution in [0.5, 0.6) is 5.75 Å². The van der Waals surface area contributed by atoms with Crippen LogP contribution in [0.2, 0.25) is 0 Å². The van der Waals surface area contributed by atoms with Gasteiger partial charge in [0.25, 0.3) is 0 Å². The topological polar surface area (TPSA) is 60.4 Å². The fourth-order valence-corrected chi connectivity index (χ4v) is 6.37. The summed E-state index contributed by atoms with van der Waals surface area (Å²) in [5, 5.41) is 2.22. The highest BCUT2D eigenvalue weighted by molar-refractivity contribution is 7.99. The Morgan fingerprint density at radius 3 is 2.79 bits per heavy atom. The molecule has 0 spiro atoms. The normalized spacial score (nSPS) is 16.7. The highest BCUT2D eigenvalue weighted by Crippen LogP contribution is 2.42. The zero-order valence-corrected chi connectivity index (χ0v) is 22.7. The maximum absolute atomic E-state index is 16.7. The van der Waals surface area contributed by atoms with E-state index >= 15 is 4.39 Å². The van der Waals surface area contributed by atoms with Crippen molar-refractivity contribution in [1.29, 1.82) is 0 Å². The number of terminal acetylenes is 1. The van der Waals surface area contributed by atoms with E-state index < -0.39 is 11.6 Å². The molecule has 4 heterocycles. The molecule has 0 amide bonds. The SMILES string of the molecule is C#Cc1c(F)ccc2cc(OCOC)cc(-c3nc4c5c(nc(SCC)nc5c3F)N3CCCC[C@H]3CC4)c12. The molecule has 0 N–H and O–H groups in total. The fourth-order valence-electron chi connectivity index (χ4n) is 5.80. The molecule has 9 heteroatoms. The second-order valence-corrected chi connectivity index (χ2v) is 11.0. The van der Waals surface area contributed by atoms with Crippen molar-refractivity contribution in [1.82, 2.24) is 15.0 Å². The van der Waals surface area contributed by atoms with Gasteiger partial charge in [-0.15, -0.1) is 6.42 Å². The summed E-state index contributed by atoms with van der Waals surface area (Å²) in [7, 11) is 1.52. The van der Waals surface area contributed by atoms with Gasteiger partial charge >= 0.3 is 0 Å². The van der Waals surface area contributed by atoms with E-state index in [0.29, 0.717) is 45.1 Å². The molecule has 200 valence electrons. The number of thioether (sulfide) groups is 1. The zero-order chi connectivity index (χ0) is 27.1. The second-order valence-electron chi connectivity index (χ2n) is 9.78. The first-order valence-electron chi connectivity index (χ1n) is 13.2.